The molecule has 122 valence electrons. The van der Waals surface area contributed by atoms with Crippen molar-refractivity contribution >= 4 is 23.7 Å². The number of hydroxylamine groups is 2. The second-order valence-corrected chi connectivity index (χ2v) is 5.55. The molecule has 3 amide bonds. The summed E-state index contributed by atoms with van der Waals surface area (Å²) in [4.78, 5) is 52.2. The van der Waals surface area contributed by atoms with Gasteiger partial charge < -0.3 is 10.2 Å². The number of hydrogen-bond donors (Lipinski definition) is 1. The van der Waals surface area contributed by atoms with E-state index in [2.05, 4.69) is 5.32 Å². The molecule has 1 atom stereocenters. The maximum Gasteiger partial charge on any atom is 0.355 e. The number of benzene rings is 1. The number of rotatable bonds is 5. The molecule has 1 N–H and O–H groups in total. The molecule has 1 heterocycles. The smallest absolute Gasteiger partial charge is 0.338 e. The van der Waals surface area contributed by atoms with E-state index in [4.69, 9.17) is 4.84 Å². The van der Waals surface area contributed by atoms with E-state index in [0.29, 0.717) is 10.6 Å². The van der Waals surface area contributed by atoms with Gasteiger partial charge in [-0.1, -0.05) is 32.0 Å². The third-order valence-corrected chi connectivity index (χ3v) is 3.43. The molecule has 7 nitrogen and oxygen atoms in total. The summed E-state index contributed by atoms with van der Waals surface area (Å²) in [6, 6.07) is 7.45. The zero-order valence-electron chi connectivity index (χ0n) is 12.9. The van der Waals surface area contributed by atoms with Crippen molar-refractivity contribution < 1.29 is 24.0 Å². The average Bonchev–Trinajstić information content (AvgIpc) is 2.84. The largest absolute Gasteiger partial charge is 0.355 e. The summed E-state index contributed by atoms with van der Waals surface area (Å²) in [7, 11) is 0. The van der Waals surface area contributed by atoms with E-state index < -0.39 is 29.7 Å². The number of imide groups is 1. The lowest BCUT2D eigenvalue weighted by atomic mass is 10.0. The molecule has 1 aliphatic rings. The highest BCUT2D eigenvalue weighted by atomic mass is 16.7. The van der Waals surface area contributed by atoms with Crippen LogP contribution in [0, 0.1) is 5.92 Å². The topological polar surface area (TPSA) is 92.8 Å². The van der Waals surface area contributed by atoms with Gasteiger partial charge in [0.1, 0.15) is 6.04 Å². The third kappa shape index (κ3) is 3.94. The Labute approximate surface area is 133 Å². The molecular formula is C16H18N2O5. The summed E-state index contributed by atoms with van der Waals surface area (Å²) in [5, 5.41) is 3.05. The minimum atomic E-state index is -0.969. The van der Waals surface area contributed by atoms with Crippen molar-refractivity contribution in [1.82, 2.24) is 10.4 Å². The molecule has 0 aliphatic carbocycles. The van der Waals surface area contributed by atoms with Gasteiger partial charge >= 0.3 is 5.97 Å². The Hall–Kier alpha value is -2.70. The van der Waals surface area contributed by atoms with Crippen molar-refractivity contribution in [3.8, 4) is 0 Å². The fourth-order valence-electron chi connectivity index (χ4n) is 2.12. The molecule has 0 bridgehead atoms. The molecule has 1 unspecified atom stereocenters. The van der Waals surface area contributed by atoms with Gasteiger partial charge in [-0.25, -0.2) is 4.79 Å². The summed E-state index contributed by atoms with van der Waals surface area (Å²) in [6.45, 7) is 3.45. The van der Waals surface area contributed by atoms with Crippen molar-refractivity contribution in [3.63, 3.8) is 0 Å². The first-order valence-corrected chi connectivity index (χ1v) is 7.33. The Kier molecular flexibility index (Phi) is 5.10. The number of carbonyl (C=O) groups is 4. The van der Waals surface area contributed by atoms with Crippen molar-refractivity contribution in [3.05, 3.63) is 35.9 Å². The highest BCUT2D eigenvalue weighted by molar-refractivity contribution is 6.02. The molecule has 2 rings (SSSR count). The van der Waals surface area contributed by atoms with Gasteiger partial charge in [0, 0.05) is 18.4 Å². The van der Waals surface area contributed by atoms with Crippen LogP contribution in [0.2, 0.25) is 0 Å². The van der Waals surface area contributed by atoms with E-state index in [1.54, 1.807) is 44.2 Å². The normalized spacial score (nSPS) is 15.7. The Morgan fingerprint density at radius 1 is 1.09 bits per heavy atom. The van der Waals surface area contributed by atoms with Crippen LogP contribution in [0.5, 0.6) is 0 Å². The second-order valence-electron chi connectivity index (χ2n) is 5.55. The van der Waals surface area contributed by atoms with E-state index in [9.17, 15) is 19.2 Å². The van der Waals surface area contributed by atoms with Gasteiger partial charge in [0.05, 0.1) is 0 Å². The number of nitrogens with zero attached hydrogens (tertiary/aromatic N) is 1. The van der Waals surface area contributed by atoms with Crippen molar-refractivity contribution in [2.45, 2.75) is 32.7 Å². The molecule has 0 spiro atoms. The standard InChI is InChI=1S/C16H18N2O5/c1-10(2)14(17-15(21)11-6-4-3-5-7-11)16(22)23-18-12(19)8-9-13(18)20/h3-7,10,14H,8-9H2,1-2H3,(H,17,21). The molecule has 0 aromatic heterocycles. The Balaban J connectivity index is 2.06. The first-order valence-electron chi connectivity index (χ1n) is 7.33. The maximum atomic E-state index is 12.2. The highest BCUT2D eigenvalue weighted by Crippen LogP contribution is 2.14. The fraction of sp³-hybridized carbons (Fsp3) is 0.375. The van der Waals surface area contributed by atoms with Gasteiger partial charge in [-0.2, -0.15) is 0 Å². The lowest BCUT2D eigenvalue weighted by molar-refractivity contribution is -0.199. The van der Waals surface area contributed by atoms with E-state index >= 15 is 0 Å². The molecule has 23 heavy (non-hydrogen) atoms. The molecule has 1 aromatic carbocycles. The number of hydrogen-bond acceptors (Lipinski definition) is 5. The first-order chi connectivity index (χ1) is 10.9. The van der Waals surface area contributed by atoms with Gasteiger partial charge in [0.2, 0.25) is 0 Å². The van der Waals surface area contributed by atoms with Crippen LogP contribution in [-0.2, 0) is 19.2 Å². The Bertz CT molecular complexity index is 611. The number of carbonyl (C=O) groups excluding carboxylic acids is 4. The van der Waals surface area contributed by atoms with Crippen LogP contribution in [0.25, 0.3) is 0 Å². The monoisotopic (exact) mass is 318 g/mol. The molecule has 0 radical (unpaired) electrons. The molecule has 1 aliphatic heterocycles. The van der Waals surface area contributed by atoms with Crippen LogP contribution in [-0.4, -0.2) is 34.8 Å². The van der Waals surface area contributed by atoms with Crippen molar-refractivity contribution in [2.75, 3.05) is 0 Å². The molecule has 7 heteroatoms. The minimum absolute atomic E-state index is 0.0227. The predicted molar refractivity (Wildman–Crippen MR) is 79.7 cm³/mol. The minimum Gasteiger partial charge on any atom is -0.338 e. The van der Waals surface area contributed by atoms with Crippen molar-refractivity contribution in [2.24, 2.45) is 5.92 Å². The van der Waals surface area contributed by atoms with E-state index in [1.165, 1.54) is 0 Å². The maximum absolute atomic E-state index is 12.2. The molecular weight excluding hydrogens is 300 g/mol. The Morgan fingerprint density at radius 3 is 2.17 bits per heavy atom. The number of amides is 3. The van der Waals surface area contributed by atoms with E-state index in [0.717, 1.165) is 0 Å². The lowest BCUT2D eigenvalue weighted by Gasteiger charge is -2.22. The first kappa shape index (κ1) is 16.7. The molecule has 1 aromatic rings. The van der Waals surface area contributed by atoms with Gasteiger partial charge in [0.25, 0.3) is 17.7 Å². The Morgan fingerprint density at radius 2 is 1.65 bits per heavy atom. The quantitative estimate of drug-likeness (QED) is 0.819. The van der Waals surface area contributed by atoms with Gasteiger partial charge in [-0.05, 0) is 18.1 Å². The molecule has 1 fully saturated rings. The lowest BCUT2D eigenvalue weighted by Crippen LogP contribution is -2.48. The van der Waals surface area contributed by atoms with Crippen LogP contribution in [0.3, 0.4) is 0 Å². The SMILES string of the molecule is CC(C)C(NC(=O)c1ccccc1)C(=O)ON1C(=O)CCC1=O. The van der Waals surface area contributed by atoms with Crippen LogP contribution in [0.15, 0.2) is 30.3 Å². The zero-order valence-corrected chi connectivity index (χ0v) is 12.9. The van der Waals surface area contributed by atoms with Crippen LogP contribution in [0.4, 0.5) is 0 Å². The molecule has 0 saturated carbocycles. The van der Waals surface area contributed by atoms with Crippen molar-refractivity contribution in [1.29, 1.82) is 0 Å². The summed E-state index contributed by atoms with van der Waals surface area (Å²) in [6.07, 6.45) is 0.0453. The predicted octanol–water partition coefficient (Wildman–Crippen LogP) is 1.05. The van der Waals surface area contributed by atoms with Gasteiger partial charge in [-0.15, -0.1) is 5.06 Å². The third-order valence-electron chi connectivity index (χ3n) is 3.43. The van der Waals surface area contributed by atoms with Crippen LogP contribution in [0.1, 0.15) is 37.0 Å². The zero-order chi connectivity index (χ0) is 17.0. The summed E-state index contributed by atoms with van der Waals surface area (Å²) >= 11 is 0. The summed E-state index contributed by atoms with van der Waals surface area (Å²) < 4.78 is 0. The number of nitrogens with one attached hydrogen (secondary N) is 1. The second kappa shape index (κ2) is 7.04. The average molecular weight is 318 g/mol. The highest BCUT2D eigenvalue weighted by Gasteiger charge is 2.36. The van der Waals surface area contributed by atoms with Crippen LogP contribution < -0.4 is 5.32 Å². The van der Waals surface area contributed by atoms with E-state index in [1.807, 2.05) is 0 Å². The summed E-state index contributed by atoms with van der Waals surface area (Å²) in [5.74, 6) is -2.66. The van der Waals surface area contributed by atoms with Gasteiger partial charge in [0.15, 0.2) is 0 Å². The summed E-state index contributed by atoms with van der Waals surface area (Å²) in [5.41, 5.74) is 0.402. The fourth-order valence-corrected chi connectivity index (χ4v) is 2.12. The van der Waals surface area contributed by atoms with Crippen LogP contribution >= 0.6 is 0 Å². The van der Waals surface area contributed by atoms with Gasteiger partial charge in [-0.3, -0.25) is 14.4 Å². The van der Waals surface area contributed by atoms with E-state index in [-0.39, 0.29) is 18.8 Å². The molecule has 1 saturated heterocycles.